The smallest absolute Gasteiger partial charge is 0.351 e. The van der Waals surface area contributed by atoms with Gasteiger partial charge in [0.05, 0.1) is 45.7 Å². The van der Waals surface area contributed by atoms with Gasteiger partial charge < -0.3 is 48.5 Å². The Morgan fingerprint density at radius 3 is 2.19 bits per heavy atom. The first kappa shape index (κ1) is 36.7. The van der Waals surface area contributed by atoms with E-state index in [-0.39, 0.29) is 37.5 Å². The van der Waals surface area contributed by atoms with Crippen LogP contribution in [0.5, 0.6) is 5.75 Å². The first-order valence-corrected chi connectivity index (χ1v) is 13.4. The van der Waals surface area contributed by atoms with Crippen molar-refractivity contribution in [1.29, 1.82) is 0 Å². The van der Waals surface area contributed by atoms with E-state index in [9.17, 15) is 24.3 Å². The zero-order chi connectivity index (χ0) is 31.5. The molecule has 0 saturated heterocycles. The van der Waals surface area contributed by atoms with Gasteiger partial charge in [-0.25, -0.2) is 4.79 Å². The summed E-state index contributed by atoms with van der Waals surface area (Å²) in [7, 11) is 6.50. The van der Waals surface area contributed by atoms with Crippen LogP contribution in [-0.4, -0.2) is 127 Å². The average molecular weight is 601 g/mol. The number of likely N-dealkylation sites (N-methyl/N-ethyl adjacent to an activating group) is 1. The van der Waals surface area contributed by atoms with E-state index in [0.717, 1.165) is 27.5 Å². The number of methoxy groups -OCH3 is 2. The maximum atomic E-state index is 13.2. The molecular formula is C28H44N2O12. The molecular weight excluding hydrogens is 556 g/mol. The summed E-state index contributed by atoms with van der Waals surface area (Å²) in [6.45, 7) is 4.52. The van der Waals surface area contributed by atoms with Crippen LogP contribution in [-0.2, 0) is 49.4 Å². The molecule has 0 aliphatic heterocycles. The van der Waals surface area contributed by atoms with E-state index in [1.54, 1.807) is 6.07 Å². The van der Waals surface area contributed by atoms with Gasteiger partial charge in [0.15, 0.2) is 6.10 Å². The summed E-state index contributed by atoms with van der Waals surface area (Å²) in [5.41, 5.74) is 0.698. The molecule has 0 aliphatic rings. The van der Waals surface area contributed by atoms with E-state index in [2.05, 4.69) is 5.32 Å². The summed E-state index contributed by atoms with van der Waals surface area (Å²) in [5, 5.41) is 12.3. The molecule has 2 N–H and O–H groups in total. The number of hydrogen-bond acceptors (Lipinski definition) is 13. The highest BCUT2D eigenvalue weighted by Crippen LogP contribution is 2.26. The number of carbonyl (C=O) groups is 4. The number of aliphatic hydroxyl groups excluding tert-OH is 1. The van der Waals surface area contributed by atoms with Crippen LogP contribution in [0, 0.1) is 0 Å². The van der Waals surface area contributed by atoms with Crippen molar-refractivity contribution in [3.8, 4) is 5.75 Å². The zero-order valence-corrected chi connectivity index (χ0v) is 25.2. The fraction of sp³-hybridized carbons (Fsp3) is 0.643. The highest BCUT2D eigenvalue weighted by atomic mass is 16.6. The number of esters is 3. The molecule has 0 saturated carbocycles. The maximum Gasteiger partial charge on any atom is 0.351 e. The first-order chi connectivity index (χ1) is 20.0. The van der Waals surface area contributed by atoms with E-state index in [0.29, 0.717) is 25.4 Å². The molecule has 0 heterocycles. The van der Waals surface area contributed by atoms with Gasteiger partial charge in [-0.2, -0.15) is 0 Å². The minimum Gasteiger partial charge on any atom is -0.474 e. The third-order valence-corrected chi connectivity index (χ3v) is 5.57. The van der Waals surface area contributed by atoms with Gasteiger partial charge in [-0.15, -0.1) is 0 Å². The van der Waals surface area contributed by atoms with E-state index < -0.39 is 48.7 Å². The van der Waals surface area contributed by atoms with Gasteiger partial charge in [-0.3, -0.25) is 14.4 Å². The summed E-state index contributed by atoms with van der Waals surface area (Å²) in [6.07, 6.45) is -4.59. The van der Waals surface area contributed by atoms with Gasteiger partial charge in [-0.05, 0) is 31.8 Å². The summed E-state index contributed by atoms with van der Waals surface area (Å²) in [5.74, 6) is -3.08. The van der Waals surface area contributed by atoms with Crippen LogP contribution in [0.1, 0.15) is 36.2 Å². The molecule has 0 bridgehead atoms. The number of benzene rings is 1. The van der Waals surface area contributed by atoms with Crippen LogP contribution in [0.4, 0.5) is 0 Å². The highest BCUT2D eigenvalue weighted by molar-refractivity contribution is 5.97. The lowest BCUT2D eigenvalue weighted by Gasteiger charge is -2.31. The van der Waals surface area contributed by atoms with Crippen LogP contribution in [0.2, 0.25) is 0 Å². The van der Waals surface area contributed by atoms with Crippen molar-refractivity contribution in [2.45, 2.75) is 45.2 Å². The SMILES string of the molecule is COCc1ccc(OC(C(=O)OC)[C@H](OC(C)=O)C(CCO)OC(C)=O)c(C(=O)NCCOCCOCCN(C)C)c1. The fourth-order valence-corrected chi connectivity index (χ4v) is 3.67. The predicted octanol–water partition coefficient (Wildman–Crippen LogP) is 0.324. The number of nitrogens with one attached hydrogen (secondary N) is 1. The maximum absolute atomic E-state index is 13.2. The van der Waals surface area contributed by atoms with E-state index in [1.165, 1.54) is 19.2 Å². The van der Waals surface area contributed by atoms with Crippen molar-refractivity contribution in [3.63, 3.8) is 0 Å². The number of nitrogens with zero attached hydrogens (tertiary/aromatic N) is 1. The molecule has 238 valence electrons. The molecule has 14 heteroatoms. The standard InChI is InChI=1S/C28H44N2O12/c1-19(32)40-24(9-12-31)25(41-20(2)33)26(28(35)37-6)42-23-8-7-21(18-36-5)17-22(23)27(34)29-10-13-38-15-16-39-14-11-30(3)4/h7-8,17,24-26,31H,9-16,18H2,1-6H3,(H,29,34)/t24?,25-,26?/m1/s1. The van der Waals surface area contributed by atoms with Crippen molar-refractivity contribution >= 4 is 23.8 Å². The summed E-state index contributed by atoms with van der Waals surface area (Å²) in [4.78, 5) is 51.7. The Kier molecular flexibility index (Phi) is 18.0. The fourth-order valence-electron chi connectivity index (χ4n) is 3.67. The second-order valence-electron chi connectivity index (χ2n) is 9.34. The van der Waals surface area contributed by atoms with Gasteiger partial charge in [0.2, 0.25) is 6.10 Å². The van der Waals surface area contributed by atoms with E-state index in [1.807, 2.05) is 19.0 Å². The van der Waals surface area contributed by atoms with Crippen molar-refractivity contribution < 1.29 is 57.4 Å². The Balaban J connectivity index is 3.14. The largest absolute Gasteiger partial charge is 0.474 e. The van der Waals surface area contributed by atoms with Crippen LogP contribution in [0.25, 0.3) is 0 Å². The minimum atomic E-state index is -1.66. The molecule has 0 spiro atoms. The first-order valence-electron chi connectivity index (χ1n) is 13.4. The van der Waals surface area contributed by atoms with E-state index >= 15 is 0 Å². The molecule has 0 aromatic heterocycles. The highest BCUT2D eigenvalue weighted by Gasteiger charge is 2.42. The average Bonchev–Trinajstić information content (AvgIpc) is 2.93. The zero-order valence-electron chi connectivity index (χ0n) is 25.2. The number of amides is 1. The van der Waals surface area contributed by atoms with Crippen LogP contribution < -0.4 is 10.1 Å². The molecule has 3 atom stereocenters. The van der Waals surface area contributed by atoms with Gasteiger partial charge in [0, 0.05) is 47.1 Å². The Bertz CT molecular complexity index is 988. The summed E-state index contributed by atoms with van der Waals surface area (Å²) < 4.78 is 37.5. The molecule has 1 aromatic carbocycles. The van der Waals surface area contributed by atoms with E-state index in [4.69, 9.17) is 33.2 Å². The van der Waals surface area contributed by atoms with Gasteiger partial charge in [0.1, 0.15) is 11.9 Å². The predicted molar refractivity (Wildman–Crippen MR) is 149 cm³/mol. The molecule has 1 amide bonds. The molecule has 42 heavy (non-hydrogen) atoms. The van der Waals surface area contributed by atoms with Crippen LogP contribution in [0.15, 0.2) is 18.2 Å². The second kappa shape index (κ2) is 20.6. The normalized spacial score (nSPS) is 13.1. The second-order valence-corrected chi connectivity index (χ2v) is 9.34. The topological polar surface area (TPSA) is 168 Å². The van der Waals surface area contributed by atoms with Gasteiger partial charge in [0.25, 0.3) is 5.91 Å². The molecule has 0 aliphatic carbocycles. The third kappa shape index (κ3) is 14.0. The number of hydrogen-bond donors (Lipinski definition) is 2. The molecule has 1 aromatic rings. The molecule has 2 unspecified atom stereocenters. The minimum absolute atomic E-state index is 0.0410. The molecule has 0 fully saturated rings. The van der Waals surface area contributed by atoms with Crippen molar-refractivity contribution in [1.82, 2.24) is 10.2 Å². The number of rotatable bonds is 21. The number of aliphatic hydroxyl groups is 1. The van der Waals surface area contributed by atoms with Gasteiger partial charge >= 0.3 is 17.9 Å². The number of carbonyl (C=O) groups excluding carboxylic acids is 4. The lowest BCUT2D eigenvalue weighted by Crippen LogP contribution is -2.50. The van der Waals surface area contributed by atoms with Crippen molar-refractivity contribution in [2.24, 2.45) is 0 Å². The van der Waals surface area contributed by atoms with Crippen LogP contribution in [0.3, 0.4) is 0 Å². The third-order valence-electron chi connectivity index (χ3n) is 5.57. The lowest BCUT2D eigenvalue weighted by atomic mass is 10.0. The molecule has 14 nitrogen and oxygen atoms in total. The Morgan fingerprint density at radius 1 is 0.952 bits per heavy atom. The Labute approximate surface area is 246 Å². The van der Waals surface area contributed by atoms with Gasteiger partial charge in [-0.1, -0.05) is 6.07 Å². The van der Waals surface area contributed by atoms with Crippen LogP contribution >= 0.6 is 0 Å². The Hall–Kier alpha value is -3.30. The van der Waals surface area contributed by atoms with Crippen molar-refractivity contribution in [3.05, 3.63) is 29.3 Å². The lowest BCUT2D eigenvalue weighted by molar-refractivity contribution is -0.182. The monoisotopic (exact) mass is 600 g/mol. The molecule has 1 rings (SSSR count). The summed E-state index contributed by atoms with van der Waals surface area (Å²) >= 11 is 0. The van der Waals surface area contributed by atoms with Crippen molar-refractivity contribution in [2.75, 3.05) is 74.4 Å². The number of ether oxygens (including phenoxy) is 7. The Morgan fingerprint density at radius 2 is 1.62 bits per heavy atom. The summed E-state index contributed by atoms with van der Waals surface area (Å²) in [6, 6.07) is 4.61. The quantitative estimate of drug-likeness (QED) is 0.113. The molecule has 0 radical (unpaired) electrons.